The highest BCUT2D eigenvalue weighted by molar-refractivity contribution is 5.78. The van der Waals surface area contributed by atoms with Crippen molar-refractivity contribution in [2.75, 3.05) is 0 Å². The van der Waals surface area contributed by atoms with Crippen molar-refractivity contribution >= 4 is 17.1 Å². The Morgan fingerprint density at radius 3 is 2.78 bits per heavy atom. The third kappa shape index (κ3) is 1.91. The van der Waals surface area contributed by atoms with Gasteiger partial charge in [0.15, 0.2) is 5.58 Å². The number of aliphatic hydroxyl groups is 1. The van der Waals surface area contributed by atoms with E-state index in [1.807, 2.05) is 0 Å². The van der Waals surface area contributed by atoms with Gasteiger partial charge in [0.05, 0.1) is 12.1 Å². The molecule has 18 heavy (non-hydrogen) atoms. The van der Waals surface area contributed by atoms with Crippen molar-refractivity contribution in [3.05, 3.63) is 34.3 Å². The maximum atomic E-state index is 11.7. The smallest absolute Gasteiger partial charge is 0.420 e. The summed E-state index contributed by atoms with van der Waals surface area (Å²) in [5.74, 6) is -1.78. The van der Waals surface area contributed by atoms with Crippen LogP contribution in [0.4, 0.5) is 0 Å². The number of aliphatic carboxylic acids is 1. The summed E-state index contributed by atoms with van der Waals surface area (Å²) in [4.78, 5) is 22.8. The fourth-order valence-electron chi connectivity index (χ4n) is 1.94. The number of rotatable bonds is 4. The predicted octanol–water partition coefficient (Wildman–Crippen LogP) is 1.12. The summed E-state index contributed by atoms with van der Waals surface area (Å²) in [6.45, 7) is 1.52. The Morgan fingerprint density at radius 2 is 2.22 bits per heavy atom. The molecule has 2 aromatic rings. The Labute approximate surface area is 102 Å². The van der Waals surface area contributed by atoms with Crippen LogP contribution in [0.25, 0.3) is 11.1 Å². The molecule has 0 saturated carbocycles. The minimum atomic E-state index is -1.08. The maximum absolute atomic E-state index is 11.7. The van der Waals surface area contributed by atoms with Crippen LogP contribution in [-0.4, -0.2) is 20.7 Å². The molecule has 0 bridgehead atoms. The molecule has 0 amide bonds. The van der Waals surface area contributed by atoms with Crippen molar-refractivity contribution in [3.63, 3.8) is 0 Å². The lowest BCUT2D eigenvalue weighted by molar-refractivity contribution is -0.141. The van der Waals surface area contributed by atoms with Gasteiger partial charge >= 0.3 is 11.7 Å². The summed E-state index contributed by atoms with van der Waals surface area (Å²) in [6.07, 6.45) is 0.283. The van der Waals surface area contributed by atoms with Gasteiger partial charge in [0.2, 0.25) is 0 Å². The van der Waals surface area contributed by atoms with Crippen LogP contribution in [-0.2, 0) is 11.4 Å². The van der Waals surface area contributed by atoms with Crippen molar-refractivity contribution in [3.8, 4) is 0 Å². The second-order valence-corrected chi connectivity index (χ2v) is 3.96. The quantitative estimate of drug-likeness (QED) is 0.849. The lowest BCUT2D eigenvalue weighted by Gasteiger charge is -2.10. The zero-order valence-corrected chi connectivity index (χ0v) is 9.79. The van der Waals surface area contributed by atoms with Crippen LogP contribution in [0.2, 0.25) is 0 Å². The number of aliphatic hydroxyl groups excluding tert-OH is 1. The standard InChI is InChI=1S/C12H13NO5/c1-2-8(11(15)16)13-9-4-3-7(6-14)5-10(9)18-12(13)17/h3-5,8,14H,2,6H2,1H3,(H,15,16). The van der Waals surface area contributed by atoms with Crippen molar-refractivity contribution < 1.29 is 19.4 Å². The molecule has 6 nitrogen and oxygen atoms in total. The molecule has 1 unspecified atom stereocenters. The molecule has 1 atom stereocenters. The van der Waals surface area contributed by atoms with E-state index in [-0.39, 0.29) is 18.6 Å². The number of carboxylic acids is 1. The highest BCUT2D eigenvalue weighted by Gasteiger charge is 2.23. The molecule has 2 rings (SSSR count). The van der Waals surface area contributed by atoms with Crippen LogP contribution in [0.3, 0.4) is 0 Å². The van der Waals surface area contributed by atoms with E-state index in [0.29, 0.717) is 11.1 Å². The number of fused-ring (bicyclic) bond motifs is 1. The molecule has 1 aromatic heterocycles. The summed E-state index contributed by atoms with van der Waals surface area (Å²) < 4.78 is 6.13. The van der Waals surface area contributed by atoms with Crippen molar-refractivity contribution in [1.82, 2.24) is 4.57 Å². The number of aromatic nitrogens is 1. The Morgan fingerprint density at radius 1 is 1.50 bits per heavy atom. The van der Waals surface area contributed by atoms with Gasteiger partial charge < -0.3 is 14.6 Å². The number of hydrogen-bond donors (Lipinski definition) is 2. The Bertz CT molecular complexity index is 639. The fraction of sp³-hybridized carbons (Fsp3) is 0.333. The van der Waals surface area contributed by atoms with E-state index in [0.717, 1.165) is 4.57 Å². The monoisotopic (exact) mass is 251 g/mol. The van der Waals surface area contributed by atoms with Gasteiger partial charge in [0.25, 0.3) is 0 Å². The molecule has 0 aliphatic rings. The second-order valence-electron chi connectivity index (χ2n) is 3.96. The molecule has 1 aromatic carbocycles. The summed E-state index contributed by atoms with van der Waals surface area (Å²) in [5, 5.41) is 18.1. The zero-order chi connectivity index (χ0) is 13.3. The average Bonchev–Trinajstić information content (AvgIpc) is 2.66. The van der Waals surface area contributed by atoms with Gasteiger partial charge in [-0.1, -0.05) is 13.0 Å². The Hall–Kier alpha value is -2.08. The van der Waals surface area contributed by atoms with Crippen LogP contribution in [0.5, 0.6) is 0 Å². The number of nitrogens with zero attached hydrogens (tertiary/aromatic N) is 1. The predicted molar refractivity (Wildman–Crippen MR) is 63.4 cm³/mol. The number of hydrogen-bond acceptors (Lipinski definition) is 4. The van der Waals surface area contributed by atoms with Gasteiger partial charge in [-0.2, -0.15) is 0 Å². The molecule has 96 valence electrons. The van der Waals surface area contributed by atoms with Gasteiger partial charge in [-0.05, 0) is 24.1 Å². The maximum Gasteiger partial charge on any atom is 0.420 e. The van der Waals surface area contributed by atoms with Gasteiger partial charge in [-0.3, -0.25) is 4.57 Å². The largest absolute Gasteiger partial charge is 0.480 e. The summed E-state index contributed by atoms with van der Waals surface area (Å²) in [5.41, 5.74) is 1.31. The van der Waals surface area contributed by atoms with E-state index in [1.165, 1.54) is 6.07 Å². The molecule has 0 saturated heterocycles. The van der Waals surface area contributed by atoms with E-state index >= 15 is 0 Å². The number of oxazole rings is 1. The van der Waals surface area contributed by atoms with E-state index in [9.17, 15) is 9.59 Å². The molecule has 0 aliphatic carbocycles. The normalized spacial score (nSPS) is 12.8. The van der Waals surface area contributed by atoms with Gasteiger partial charge in [0.1, 0.15) is 6.04 Å². The molecule has 0 radical (unpaired) electrons. The van der Waals surface area contributed by atoms with Crippen LogP contribution in [0.15, 0.2) is 27.4 Å². The Balaban J connectivity index is 2.67. The van der Waals surface area contributed by atoms with Crippen molar-refractivity contribution in [1.29, 1.82) is 0 Å². The first kappa shape index (κ1) is 12.4. The van der Waals surface area contributed by atoms with E-state index < -0.39 is 17.8 Å². The summed E-state index contributed by atoms with van der Waals surface area (Å²) in [6, 6.07) is 3.79. The SMILES string of the molecule is CCC(C(=O)O)n1c(=O)oc2cc(CO)ccc21. The summed E-state index contributed by atoms with van der Waals surface area (Å²) >= 11 is 0. The lowest BCUT2D eigenvalue weighted by atomic mass is 10.2. The van der Waals surface area contributed by atoms with E-state index in [1.54, 1.807) is 19.1 Å². The zero-order valence-electron chi connectivity index (χ0n) is 9.79. The third-order valence-corrected chi connectivity index (χ3v) is 2.84. The van der Waals surface area contributed by atoms with E-state index in [2.05, 4.69) is 0 Å². The first-order valence-electron chi connectivity index (χ1n) is 5.56. The first-order valence-corrected chi connectivity index (χ1v) is 5.56. The number of carboxylic acid groups (broad SMARTS) is 1. The minimum absolute atomic E-state index is 0.166. The van der Waals surface area contributed by atoms with Crippen LogP contribution >= 0.6 is 0 Å². The van der Waals surface area contributed by atoms with Crippen molar-refractivity contribution in [2.45, 2.75) is 26.0 Å². The summed E-state index contributed by atoms with van der Waals surface area (Å²) in [7, 11) is 0. The molecule has 0 fully saturated rings. The molecule has 6 heteroatoms. The van der Waals surface area contributed by atoms with Gasteiger partial charge in [-0.15, -0.1) is 0 Å². The highest BCUT2D eigenvalue weighted by atomic mass is 16.4. The van der Waals surface area contributed by atoms with Crippen LogP contribution in [0, 0.1) is 0 Å². The average molecular weight is 251 g/mol. The number of carbonyl (C=O) groups is 1. The molecule has 2 N–H and O–H groups in total. The van der Waals surface area contributed by atoms with E-state index in [4.69, 9.17) is 14.6 Å². The molecular weight excluding hydrogens is 238 g/mol. The minimum Gasteiger partial charge on any atom is -0.480 e. The van der Waals surface area contributed by atoms with Gasteiger partial charge in [-0.25, -0.2) is 9.59 Å². The number of benzene rings is 1. The second kappa shape index (κ2) is 4.66. The highest BCUT2D eigenvalue weighted by Crippen LogP contribution is 2.20. The van der Waals surface area contributed by atoms with Gasteiger partial charge in [0, 0.05) is 0 Å². The fourth-order valence-corrected chi connectivity index (χ4v) is 1.94. The van der Waals surface area contributed by atoms with Crippen molar-refractivity contribution in [2.24, 2.45) is 0 Å². The third-order valence-electron chi connectivity index (χ3n) is 2.84. The first-order chi connectivity index (χ1) is 8.58. The molecular formula is C12H13NO5. The molecule has 0 aliphatic heterocycles. The molecule has 1 heterocycles. The van der Waals surface area contributed by atoms with Crippen LogP contribution in [0.1, 0.15) is 24.9 Å². The molecule has 0 spiro atoms. The topological polar surface area (TPSA) is 92.7 Å². The Kier molecular flexibility index (Phi) is 3.20. The lowest BCUT2D eigenvalue weighted by Crippen LogP contribution is -2.26. The van der Waals surface area contributed by atoms with Crippen LogP contribution < -0.4 is 5.76 Å².